The van der Waals surface area contributed by atoms with E-state index < -0.39 is 0 Å². The van der Waals surface area contributed by atoms with Crippen molar-refractivity contribution < 1.29 is 0 Å². The van der Waals surface area contributed by atoms with E-state index in [0.29, 0.717) is 0 Å². The number of rotatable bonds is 2. The molecule has 1 N–H and O–H groups in total. The molecule has 0 aliphatic heterocycles. The molecule has 1 heteroatoms. The van der Waals surface area contributed by atoms with Crippen LogP contribution in [0.2, 0.25) is 0 Å². The molecule has 0 heterocycles. The molecule has 0 saturated heterocycles. The van der Waals surface area contributed by atoms with Crippen LogP contribution in [0.25, 0.3) is 0 Å². The van der Waals surface area contributed by atoms with Crippen molar-refractivity contribution in [2.24, 2.45) is 28.6 Å². The van der Waals surface area contributed by atoms with Crippen molar-refractivity contribution in [2.75, 3.05) is 13.6 Å². The summed E-state index contributed by atoms with van der Waals surface area (Å²) in [6.45, 7) is 6.27. The number of hydrogen-bond donors (Lipinski definition) is 1. The Morgan fingerprint density at radius 2 is 2.25 bits per heavy atom. The van der Waals surface area contributed by atoms with Crippen LogP contribution in [0.15, 0.2) is 0 Å². The second-order valence-corrected chi connectivity index (χ2v) is 5.58. The predicted octanol–water partition coefficient (Wildman–Crippen LogP) is 1.89. The Hall–Kier alpha value is -0.0400. The van der Waals surface area contributed by atoms with Crippen LogP contribution in [0.4, 0.5) is 0 Å². The lowest BCUT2D eigenvalue weighted by atomic mass is 9.85. The van der Waals surface area contributed by atoms with E-state index in [0.717, 1.165) is 28.6 Å². The zero-order valence-corrected chi connectivity index (χ0v) is 8.35. The molecule has 5 unspecified atom stereocenters. The summed E-state index contributed by atoms with van der Waals surface area (Å²) in [6.07, 6.45) is 3.05. The van der Waals surface area contributed by atoms with Crippen LogP contribution in [0, 0.1) is 28.6 Å². The highest BCUT2D eigenvalue weighted by atomic mass is 14.9. The molecule has 1 nitrogen and oxygen atoms in total. The normalized spacial score (nSPS) is 65.8. The molecule has 0 aromatic carbocycles. The van der Waals surface area contributed by atoms with Crippen molar-refractivity contribution in [2.45, 2.75) is 26.7 Å². The molecule has 5 atom stereocenters. The summed E-state index contributed by atoms with van der Waals surface area (Å²) >= 11 is 0. The predicted molar refractivity (Wildman–Crippen MR) is 49.8 cm³/mol. The fourth-order valence-corrected chi connectivity index (χ4v) is 4.44. The van der Waals surface area contributed by atoms with Gasteiger partial charge < -0.3 is 5.32 Å². The van der Waals surface area contributed by atoms with E-state index in [9.17, 15) is 0 Å². The Balaban J connectivity index is 1.91. The minimum Gasteiger partial charge on any atom is -0.319 e. The van der Waals surface area contributed by atoms with Crippen LogP contribution in [0.3, 0.4) is 0 Å². The monoisotopic (exact) mass is 165 g/mol. The molecule has 0 aromatic rings. The van der Waals surface area contributed by atoms with E-state index in [1.54, 1.807) is 6.42 Å². The minimum atomic E-state index is 0.718. The van der Waals surface area contributed by atoms with Crippen LogP contribution < -0.4 is 5.32 Å². The minimum absolute atomic E-state index is 0.718. The lowest BCUT2D eigenvalue weighted by Gasteiger charge is -2.23. The quantitative estimate of drug-likeness (QED) is 0.659. The van der Waals surface area contributed by atoms with Crippen molar-refractivity contribution >= 4 is 0 Å². The highest BCUT2D eigenvalue weighted by Crippen LogP contribution is 2.86. The second kappa shape index (κ2) is 1.75. The van der Waals surface area contributed by atoms with E-state index in [1.165, 1.54) is 13.0 Å². The number of nitrogens with one attached hydrogen (secondary N) is 1. The van der Waals surface area contributed by atoms with Gasteiger partial charge in [0.2, 0.25) is 0 Å². The van der Waals surface area contributed by atoms with E-state index in [4.69, 9.17) is 0 Å². The molecule has 0 radical (unpaired) electrons. The molecule has 68 valence electrons. The van der Waals surface area contributed by atoms with Gasteiger partial charge in [0.25, 0.3) is 0 Å². The summed E-state index contributed by atoms with van der Waals surface area (Å²) in [5.41, 5.74) is 1.47. The fraction of sp³-hybridized carbons (Fsp3) is 1.00. The number of hydrogen-bond acceptors (Lipinski definition) is 1. The molecule has 0 amide bonds. The molecule has 3 fully saturated rings. The fourth-order valence-electron chi connectivity index (χ4n) is 4.44. The van der Waals surface area contributed by atoms with Gasteiger partial charge in [0.05, 0.1) is 0 Å². The third-order valence-electron chi connectivity index (χ3n) is 5.36. The summed E-state index contributed by atoms with van der Waals surface area (Å²) in [4.78, 5) is 0. The lowest BCUT2D eigenvalue weighted by Crippen LogP contribution is -2.28. The second-order valence-electron chi connectivity index (χ2n) is 5.58. The SMILES string of the molecule is CNCC12CC1(C)C1CC1C2C. The highest BCUT2D eigenvalue weighted by molar-refractivity contribution is 5.30. The van der Waals surface area contributed by atoms with Gasteiger partial charge in [-0.25, -0.2) is 0 Å². The summed E-state index contributed by atoms with van der Waals surface area (Å²) in [6, 6.07) is 0. The highest BCUT2D eigenvalue weighted by Gasteiger charge is 2.81. The molecular weight excluding hydrogens is 146 g/mol. The third kappa shape index (κ3) is 0.527. The molecule has 0 aromatic heterocycles. The van der Waals surface area contributed by atoms with Crippen molar-refractivity contribution in [3.63, 3.8) is 0 Å². The first kappa shape index (κ1) is 7.37. The zero-order valence-electron chi connectivity index (χ0n) is 8.35. The van der Waals surface area contributed by atoms with Gasteiger partial charge in [-0.05, 0) is 48.5 Å². The average Bonchev–Trinajstić information content (AvgIpc) is 2.83. The molecule has 3 aliphatic carbocycles. The van der Waals surface area contributed by atoms with E-state index in [2.05, 4.69) is 26.2 Å². The number of fused-ring (bicyclic) bond motifs is 3. The summed E-state index contributed by atoms with van der Waals surface area (Å²) in [5.74, 6) is 3.22. The first-order chi connectivity index (χ1) is 5.66. The maximum absolute atomic E-state index is 3.39. The van der Waals surface area contributed by atoms with Gasteiger partial charge in [-0.2, -0.15) is 0 Å². The standard InChI is InChI=1S/C11H19N/c1-7-8-4-9(8)10(2)5-11(7,10)6-12-3/h7-9,12H,4-6H2,1-3H3. The Labute approximate surface area is 74.9 Å². The van der Waals surface area contributed by atoms with E-state index >= 15 is 0 Å². The van der Waals surface area contributed by atoms with E-state index in [1.807, 2.05) is 0 Å². The average molecular weight is 165 g/mol. The molecule has 12 heavy (non-hydrogen) atoms. The van der Waals surface area contributed by atoms with Crippen LogP contribution in [0.5, 0.6) is 0 Å². The summed E-state index contributed by atoms with van der Waals surface area (Å²) in [5, 5.41) is 3.39. The Morgan fingerprint density at radius 3 is 2.75 bits per heavy atom. The zero-order chi connectivity index (χ0) is 8.56. The summed E-state index contributed by atoms with van der Waals surface area (Å²) < 4.78 is 0. The maximum Gasteiger partial charge on any atom is 0.00130 e. The molecule has 3 aliphatic rings. The van der Waals surface area contributed by atoms with Crippen LogP contribution >= 0.6 is 0 Å². The first-order valence-corrected chi connectivity index (χ1v) is 5.30. The van der Waals surface area contributed by atoms with Gasteiger partial charge in [0, 0.05) is 6.54 Å². The van der Waals surface area contributed by atoms with Gasteiger partial charge in [-0.3, -0.25) is 0 Å². The van der Waals surface area contributed by atoms with Crippen molar-refractivity contribution in [1.29, 1.82) is 0 Å². The Bertz CT molecular complexity index is 233. The van der Waals surface area contributed by atoms with E-state index in [-0.39, 0.29) is 0 Å². The molecule has 0 bridgehead atoms. The Morgan fingerprint density at radius 1 is 1.50 bits per heavy atom. The molecule has 3 rings (SSSR count). The van der Waals surface area contributed by atoms with Gasteiger partial charge in [0.15, 0.2) is 0 Å². The topological polar surface area (TPSA) is 12.0 Å². The summed E-state index contributed by atoms with van der Waals surface area (Å²) in [7, 11) is 2.10. The van der Waals surface area contributed by atoms with Crippen LogP contribution in [-0.4, -0.2) is 13.6 Å². The smallest absolute Gasteiger partial charge is 0.00130 e. The van der Waals surface area contributed by atoms with Crippen LogP contribution in [0.1, 0.15) is 26.7 Å². The van der Waals surface area contributed by atoms with Gasteiger partial charge in [-0.15, -0.1) is 0 Å². The first-order valence-electron chi connectivity index (χ1n) is 5.30. The third-order valence-corrected chi connectivity index (χ3v) is 5.36. The molecule has 3 saturated carbocycles. The van der Waals surface area contributed by atoms with Crippen LogP contribution in [-0.2, 0) is 0 Å². The lowest BCUT2D eigenvalue weighted by molar-refractivity contribution is 0.273. The van der Waals surface area contributed by atoms with Gasteiger partial charge in [0.1, 0.15) is 0 Å². The van der Waals surface area contributed by atoms with Crippen molar-refractivity contribution in [3.8, 4) is 0 Å². The largest absolute Gasteiger partial charge is 0.319 e. The molecule has 0 spiro atoms. The van der Waals surface area contributed by atoms with Gasteiger partial charge >= 0.3 is 0 Å². The maximum atomic E-state index is 3.39. The van der Waals surface area contributed by atoms with Gasteiger partial charge in [-0.1, -0.05) is 13.8 Å². The van der Waals surface area contributed by atoms with Crippen molar-refractivity contribution in [1.82, 2.24) is 5.32 Å². The Kier molecular flexibility index (Phi) is 1.07. The molecular formula is C11H19N. The van der Waals surface area contributed by atoms with Crippen molar-refractivity contribution in [3.05, 3.63) is 0 Å².